The van der Waals surface area contributed by atoms with Crippen LogP contribution in [0.25, 0.3) is 0 Å². The quantitative estimate of drug-likeness (QED) is 0.109. The Kier molecular flexibility index (Phi) is 370. The van der Waals surface area contributed by atoms with Crippen LogP contribution in [0, 0.1) is 43.4 Å². The Balaban J connectivity index is -0.00000000457. The fourth-order valence-electron chi connectivity index (χ4n) is 0.130. The predicted octanol–water partition coefficient (Wildman–Crippen LogP) is -5.03. The molecule has 0 fully saturated rings. The van der Waals surface area contributed by atoms with Crippen LogP contribution in [0.15, 0.2) is 0 Å². The second-order valence-electron chi connectivity index (χ2n) is 0.823. The van der Waals surface area contributed by atoms with Crippen molar-refractivity contribution in [2.75, 3.05) is 0 Å². The zero-order valence-electron chi connectivity index (χ0n) is 12.9. The summed E-state index contributed by atoms with van der Waals surface area (Å²) in [4.78, 5) is 0. The Bertz CT molecular complexity index is 256. The van der Waals surface area contributed by atoms with Crippen LogP contribution in [0.5, 0.6) is 0 Å². The number of terminal acetylenes is 1. The molecule has 0 spiro atoms. The van der Waals surface area contributed by atoms with E-state index in [1.165, 1.54) is 18.6 Å². The molecule has 0 saturated heterocycles. The van der Waals surface area contributed by atoms with Gasteiger partial charge in [-0.1, -0.05) is 50.5 Å². The molecule has 7 heteroatoms. The Morgan fingerprint density at radius 3 is 1.43 bits per heavy atom. The Hall–Kier alpha value is 6.62. The SMILES string of the molecule is C.C.C.C.C.C.C#CC#CC#CC.[2H][CH2-].[3H]I(F)I.[H-].[K+].[K+].[K+].[K+]. The topological polar surface area (TPSA) is 0 Å². The molecular weight excluding hydrogens is 597 g/mol. The fourth-order valence-corrected chi connectivity index (χ4v) is 0.130. The third-order valence-electron chi connectivity index (χ3n) is 0.322. The summed E-state index contributed by atoms with van der Waals surface area (Å²) in [6.07, 6.45) is 4.78. The van der Waals surface area contributed by atoms with Gasteiger partial charge < -0.3 is 8.83 Å². The van der Waals surface area contributed by atoms with Crippen LogP contribution in [0.3, 0.4) is 0 Å². The number of rotatable bonds is 0. The zero-order valence-corrected chi connectivity index (χ0v) is 26.7. The monoisotopic (exact) mass is 633 g/mol. The summed E-state index contributed by atoms with van der Waals surface area (Å²) in [5.74, 6) is 12.0. The van der Waals surface area contributed by atoms with Crippen molar-refractivity contribution in [2.24, 2.45) is 0 Å². The van der Waals surface area contributed by atoms with Crippen molar-refractivity contribution < 1.29 is 211 Å². The first-order valence-electron chi connectivity index (χ1n) is 3.16. The molecule has 0 saturated carbocycles. The van der Waals surface area contributed by atoms with Gasteiger partial charge in [-0.3, -0.25) is 0 Å². The normalized spacial score (nSPS) is 3.67. The van der Waals surface area contributed by atoms with Crippen molar-refractivity contribution >= 4 is 36.2 Å². The van der Waals surface area contributed by atoms with E-state index in [9.17, 15) is 2.86 Å². The molecule has 0 aliphatic carbocycles. The predicted molar refractivity (Wildman–Crippen MR) is 109 cm³/mol. The maximum absolute atomic E-state index is 10.8. The number of hydrogen-bond acceptors (Lipinski definition) is 0. The minimum Gasteiger partial charge on any atom is -1.00 e. The van der Waals surface area contributed by atoms with E-state index in [1.807, 2.05) is 0 Å². The largest absolute Gasteiger partial charge is 1.00 e. The molecule has 0 nitrogen and oxygen atoms in total. The molecule has 0 aromatic carbocycles. The van der Waals surface area contributed by atoms with E-state index in [1.54, 1.807) is 6.92 Å². The second-order valence-corrected chi connectivity index (χ2v) is 3.20. The summed E-state index contributed by atoms with van der Waals surface area (Å²) < 4.78 is 22.4. The molecule has 0 aromatic rings. The molecule has 0 aromatic heterocycles. The Morgan fingerprint density at radius 2 is 1.29 bits per heavy atom. The average Bonchev–Trinajstić information content (AvgIpc) is 2.08. The molecule has 112 valence electrons. The maximum atomic E-state index is 10.8. The molecule has 0 heterocycles. The average molecular weight is 634 g/mol. The van der Waals surface area contributed by atoms with E-state index < -0.39 is 17.6 Å². The molecule has 0 unspecified atom stereocenters. The van der Waals surface area contributed by atoms with Gasteiger partial charge in [-0.2, -0.15) is 0 Å². The first kappa shape index (κ1) is 70.9. The first-order valence-corrected chi connectivity index (χ1v) is 9.18. The molecule has 0 aliphatic heterocycles. The van der Waals surface area contributed by atoms with Crippen LogP contribution >= 0.6 is 36.2 Å². The van der Waals surface area contributed by atoms with Gasteiger partial charge >= 0.3 is 245 Å². The van der Waals surface area contributed by atoms with E-state index in [0.29, 0.717) is 0 Å². The van der Waals surface area contributed by atoms with Crippen LogP contribution < -0.4 is 206 Å². The van der Waals surface area contributed by atoms with Crippen molar-refractivity contribution in [1.82, 2.24) is 0 Å². The van der Waals surface area contributed by atoms with Gasteiger partial charge in [0.15, 0.2) is 0 Å². The van der Waals surface area contributed by atoms with E-state index in [-0.39, 0.29) is 252 Å². The molecule has 0 aliphatic rings. The van der Waals surface area contributed by atoms with Crippen molar-refractivity contribution in [3.8, 4) is 36.0 Å². The molecule has 0 rings (SSSR count). The smallest absolute Gasteiger partial charge is 1.00 e. The molecule has 0 bridgehead atoms. The van der Waals surface area contributed by atoms with Crippen molar-refractivity contribution in [2.45, 2.75) is 51.5 Å². The van der Waals surface area contributed by atoms with Crippen molar-refractivity contribution in [3.63, 3.8) is 0 Å². The molecule has 0 amide bonds. The van der Waals surface area contributed by atoms with Crippen LogP contribution in [-0.4, -0.2) is 0.594 Å². The standard InChI is InChI=1S/C7H4.6CH4.CH3.FHI2.4K.H/c1-3-5-7-6-4-2;;;;;;;;1-3-2;;;;;/h1H,2H3;6*1H4;1H3;3H;;;;;/q;;;;;;;-1;;4*+1;-1/i;;;;;;;1D;3T;;;;;. The third kappa shape index (κ3) is 143. The summed E-state index contributed by atoms with van der Waals surface area (Å²) in [7, 11) is 2.50. The van der Waals surface area contributed by atoms with Gasteiger partial charge in [0.25, 0.3) is 0 Å². The van der Waals surface area contributed by atoms with E-state index >= 15 is 0 Å². The molecule has 0 radical (unpaired) electrons. The molecule has 21 heavy (non-hydrogen) atoms. The summed E-state index contributed by atoms with van der Waals surface area (Å²) in [5.41, 5.74) is 0. The van der Waals surface area contributed by atoms with Gasteiger partial charge in [0.05, 0.1) is 0 Å². The van der Waals surface area contributed by atoms with Crippen LogP contribution in [0.1, 0.15) is 54.3 Å². The van der Waals surface area contributed by atoms with Crippen LogP contribution in [-0.2, 0) is 0 Å². The van der Waals surface area contributed by atoms with E-state index in [0.717, 1.165) is 0 Å². The maximum Gasteiger partial charge on any atom is 1.00 e. The van der Waals surface area contributed by atoms with Crippen LogP contribution in [0.4, 0.5) is 2.86 Å². The minimum atomic E-state index is -2.54. The number of halogens is 3. The van der Waals surface area contributed by atoms with Gasteiger partial charge in [-0.15, -0.1) is 6.42 Å². The number of hydrogen-bond donors (Lipinski definition) is 0. The van der Waals surface area contributed by atoms with Crippen LogP contribution in [0.2, 0.25) is 0 Å². The second kappa shape index (κ2) is 110. The first-order chi connectivity index (χ1) is 6.15. The summed E-state index contributed by atoms with van der Waals surface area (Å²) in [6, 6.07) is 0. The summed E-state index contributed by atoms with van der Waals surface area (Å²) in [6.45, 7) is 1.71. The Labute approximate surface area is 332 Å². The van der Waals surface area contributed by atoms with Crippen molar-refractivity contribution in [3.05, 3.63) is 7.40 Å². The van der Waals surface area contributed by atoms with Gasteiger partial charge in [0.1, 0.15) is 0 Å². The summed E-state index contributed by atoms with van der Waals surface area (Å²) in [5, 5.41) is 0. The van der Waals surface area contributed by atoms with Gasteiger partial charge in [0.2, 0.25) is 0 Å². The van der Waals surface area contributed by atoms with Gasteiger partial charge in [0, 0.05) is 0 Å². The minimum absolute atomic E-state index is 0. The van der Waals surface area contributed by atoms with Gasteiger partial charge in [-0.05, 0) is 30.6 Å². The Morgan fingerprint density at radius 1 is 1.05 bits per heavy atom. The van der Waals surface area contributed by atoms with E-state index in [2.05, 4.69) is 37.0 Å². The van der Waals surface area contributed by atoms with Crippen molar-refractivity contribution in [1.29, 1.82) is 0.594 Å². The fraction of sp³-hybridized carbons (Fsp3) is 0.500. The molecule has 0 N–H and O–H groups in total. The molecular formula is C14H33FI2K4+2. The molecule has 0 atom stereocenters. The third-order valence-corrected chi connectivity index (χ3v) is 0.322. The zero-order chi connectivity index (χ0) is 11.1. The van der Waals surface area contributed by atoms with Gasteiger partial charge in [-0.25, -0.2) is 1.37 Å². The summed E-state index contributed by atoms with van der Waals surface area (Å²) >= 11 is -1.04. The van der Waals surface area contributed by atoms with E-state index in [4.69, 9.17) is 8.39 Å².